The number of carbonyl (C=O) groups is 2. The molecule has 0 fully saturated rings. The van der Waals surface area contributed by atoms with Crippen molar-refractivity contribution < 1.29 is 14.3 Å². The van der Waals surface area contributed by atoms with Gasteiger partial charge in [0.05, 0.1) is 11.1 Å². The molecule has 4 nitrogen and oxygen atoms in total. The van der Waals surface area contributed by atoms with Crippen LogP contribution in [0, 0.1) is 0 Å². The van der Waals surface area contributed by atoms with E-state index in [0.717, 1.165) is 22.4 Å². The molecule has 2 heterocycles. The molecule has 0 atom stereocenters. The molecule has 0 spiro atoms. The molecule has 2 aromatic rings. The van der Waals surface area contributed by atoms with Crippen LogP contribution in [0.2, 0.25) is 0 Å². The highest BCUT2D eigenvalue weighted by Gasteiger charge is 2.40. The monoisotopic (exact) mass is 375 g/mol. The highest BCUT2D eigenvalue weighted by Crippen LogP contribution is 2.48. The lowest BCUT2D eigenvalue weighted by molar-refractivity contribution is -0.127. The van der Waals surface area contributed by atoms with Crippen LogP contribution in [-0.4, -0.2) is 11.9 Å². The van der Waals surface area contributed by atoms with Gasteiger partial charge in [-0.25, -0.2) is 4.79 Å². The molecule has 1 amide bonds. The molecule has 28 heavy (non-hydrogen) atoms. The van der Waals surface area contributed by atoms with Gasteiger partial charge in [0.15, 0.2) is 0 Å². The van der Waals surface area contributed by atoms with Gasteiger partial charge in [-0.2, -0.15) is 0 Å². The van der Waals surface area contributed by atoms with Crippen LogP contribution >= 0.6 is 0 Å². The molecule has 144 valence electrons. The minimum atomic E-state index is -0.464. The largest absolute Gasteiger partial charge is 0.422 e. The summed E-state index contributed by atoms with van der Waals surface area (Å²) >= 11 is 0. The first-order valence-corrected chi connectivity index (χ1v) is 9.55. The normalized spacial score (nSPS) is 18.6. The van der Waals surface area contributed by atoms with Crippen LogP contribution in [0.3, 0.4) is 0 Å². The van der Waals surface area contributed by atoms with Crippen molar-refractivity contribution in [1.82, 2.24) is 0 Å². The van der Waals surface area contributed by atoms with Crippen molar-refractivity contribution in [1.29, 1.82) is 0 Å². The maximum Gasteiger partial charge on any atom is 0.345 e. The zero-order valence-corrected chi connectivity index (χ0v) is 17.2. The fraction of sp³-hybridized carbons (Fsp3) is 0.333. The van der Waals surface area contributed by atoms with E-state index < -0.39 is 5.97 Å². The van der Waals surface area contributed by atoms with Gasteiger partial charge in [-0.3, -0.25) is 4.79 Å². The molecule has 0 saturated heterocycles. The molecule has 4 heteroatoms. The van der Waals surface area contributed by atoms with Gasteiger partial charge in [0.2, 0.25) is 0 Å². The summed E-state index contributed by atoms with van der Waals surface area (Å²) in [6.45, 7) is 12.7. The van der Waals surface area contributed by atoms with Crippen LogP contribution in [0.4, 0.5) is 5.69 Å². The van der Waals surface area contributed by atoms with E-state index in [1.807, 2.05) is 30.3 Å². The Morgan fingerprint density at radius 3 is 2.14 bits per heavy atom. The van der Waals surface area contributed by atoms with E-state index >= 15 is 0 Å². The molecule has 0 bridgehead atoms. The Balaban J connectivity index is 2.07. The van der Waals surface area contributed by atoms with Crippen molar-refractivity contribution in [3.63, 3.8) is 0 Å². The van der Waals surface area contributed by atoms with E-state index in [2.05, 4.69) is 52.9 Å². The van der Waals surface area contributed by atoms with E-state index in [1.165, 1.54) is 0 Å². The molecule has 0 aromatic heterocycles. The lowest BCUT2D eigenvalue weighted by Gasteiger charge is -2.26. The number of fused-ring (bicyclic) bond motifs is 2. The molecule has 4 rings (SSSR count). The molecule has 2 aromatic carbocycles. The topological polar surface area (TPSA) is 55.4 Å². The van der Waals surface area contributed by atoms with E-state index in [9.17, 15) is 9.59 Å². The number of benzene rings is 2. The number of rotatable bonds is 0. The average Bonchev–Trinajstić information content (AvgIpc) is 3.07. The first-order valence-electron chi connectivity index (χ1n) is 9.55. The Labute approximate surface area is 165 Å². The van der Waals surface area contributed by atoms with Crippen molar-refractivity contribution in [2.75, 3.05) is 5.32 Å². The van der Waals surface area contributed by atoms with Crippen molar-refractivity contribution in [2.45, 2.75) is 52.4 Å². The number of hydrogen-bond acceptors (Lipinski definition) is 3. The van der Waals surface area contributed by atoms with Gasteiger partial charge in [0.25, 0.3) is 5.91 Å². The molecule has 1 N–H and O–H groups in total. The number of nitrogens with one attached hydrogen (secondary N) is 1. The third kappa shape index (κ3) is 2.75. The SMILES string of the molecule is CC(C)(C)c1cc2c(c(C(C)(C)C)c1)OC(=O)C2=C1C(=O)Nc2ccccc21. The second-order valence-corrected chi connectivity index (χ2v) is 9.54. The first-order chi connectivity index (χ1) is 13.0. The molecule has 0 saturated carbocycles. The molecule has 0 unspecified atom stereocenters. The molecule has 0 radical (unpaired) electrons. The summed E-state index contributed by atoms with van der Waals surface area (Å²) in [5.74, 6) is -0.155. The van der Waals surface area contributed by atoms with Crippen LogP contribution in [0.15, 0.2) is 36.4 Å². The van der Waals surface area contributed by atoms with Crippen molar-refractivity contribution >= 4 is 28.7 Å². The standard InChI is InChI=1S/C24H25NO3/c1-23(2,3)13-11-15-19(18-14-9-7-8-10-17(14)25-21(18)26)22(27)28-20(15)16(12-13)24(4,5)6/h7-12H,1-6H3,(H,25,26). The molecule has 0 aliphatic carbocycles. The molecule has 2 aliphatic rings. The maximum atomic E-state index is 13.0. The van der Waals surface area contributed by atoms with Gasteiger partial charge >= 0.3 is 5.97 Å². The minimum Gasteiger partial charge on any atom is -0.422 e. The van der Waals surface area contributed by atoms with Gasteiger partial charge in [-0.05, 0) is 28.5 Å². The van der Waals surface area contributed by atoms with Gasteiger partial charge in [-0.15, -0.1) is 0 Å². The summed E-state index contributed by atoms with van der Waals surface area (Å²) in [5, 5.41) is 2.86. The number of para-hydroxylation sites is 1. The van der Waals surface area contributed by atoms with Crippen LogP contribution < -0.4 is 10.1 Å². The Morgan fingerprint density at radius 1 is 0.821 bits per heavy atom. The second kappa shape index (κ2) is 5.81. The van der Waals surface area contributed by atoms with Crippen molar-refractivity contribution in [3.8, 4) is 5.75 Å². The third-order valence-electron chi connectivity index (χ3n) is 5.35. The number of ether oxygens (including phenoxy) is 1. The molecule has 2 aliphatic heterocycles. The summed E-state index contributed by atoms with van der Waals surface area (Å²) in [6.07, 6.45) is 0. The Hall–Kier alpha value is -2.88. The van der Waals surface area contributed by atoms with Crippen molar-refractivity contribution in [2.24, 2.45) is 0 Å². The van der Waals surface area contributed by atoms with E-state index in [-0.39, 0.29) is 16.7 Å². The summed E-state index contributed by atoms with van der Waals surface area (Å²) in [6, 6.07) is 11.6. The quantitative estimate of drug-likeness (QED) is 0.398. The zero-order chi connectivity index (χ0) is 20.4. The summed E-state index contributed by atoms with van der Waals surface area (Å²) in [7, 11) is 0. The maximum absolute atomic E-state index is 13.0. The van der Waals surface area contributed by atoms with Gasteiger partial charge in [-0.1, -0.05) is 65.8 Å². The summed E-state index contributed by atoms with van der Waals surface area (Å²) in [5.41, 5.74) is 4.70. The highest BCUT2D eigenvalue weighted by molar-refractivity contribution is 6.45. The average molecular weight is 375 g/mol. The smallest absolute Gasteiger partial charge is 0.345 e. The fourth-order valence-corrected chi connectivity index (χ4v) is 3.77. The lowest BCUT2D eigenvalue weighted by Crippen LogP contribution is -2.17. The number of anilines is 1. The first kappa shape index (κ1) is 18.5. The van der Waals surface area contributed by atoms with Crippen LogP contribution in [0.1, 0.15) is 63.8 Å². The minimum absolute atomic E-state index is 0.105. The van der Waals surface area contributed by atoms with Gasteiger partial charge < -0.3 is 10.1 Å². The van der Waals surface area contributed by atoms with E-state index in [4.69, 9.17) is 4.74 Å². The number of hydrogen-bond donors (Lipinski definition) is 1. The van der Waals surface area contributed by atoms with Crippen LogP contribution in [-0.2, 0) is 20.4 Å². The number of amides is 1. The number of esters is 1. The van der Waals surface area contributed by atoms with Crippen molar-refractivity contribution in [3.05, 3.63) is 58.7 Å². The highest BCUT2D eigenvalue weighted by atomic mass is 16.5. The second-order valence-electron chi connectivity index (χ2n) is 9.54. The Morgan fingerprint density at radius 2 is 1.50 bits per heavy atom. The lowest BCUT2D eigenvalue weighted by atomic mass is 9.78. The predicted molar refractivity (Wildman–Crippen MR) is 111 cm³/mol. The third-order valence-corrected chi connectivity index (χ3v) is 5.35. The van der Waals surface area contributed by atoms with Gasteiger partial charge in [0.1, 0.15) is 5.75 Å². The van der Waals surface area contributed by atoms with E-state index in [0.29, 0.717) is 22.5 Å². The fourth-order valence-electron chi connectivity index (χ4n) is 3.77. The summed E-state index contributed by atoms with van der Waals surface area (Å²) in [4.78, 5) is 25.7. The summed E-state index contributed by atoms with van der Waals surface area (Å²) < 4.78 is 5.74. The Kier molecular flexibility index (Phi) is 3.83. The number of carbonyl (C=O) groups excluding carboxylic acids is 2. The van der Waals surface area contributed by atoms with Crippen LogP contribution in [0.25, 0.3) is 11.1 Å². The predicted octanol–water partition coefficient (Wildman–Crippen LogP) is 5.06. The Bertz CT molecular complexity index is 1060. The van der Waals surface area contributed by atoms with E-state index in [1.54, 1.807) is 0 Å². The van der Waals surface area contributed by atoms with Gasteiger partial charge in [0, 0.05) is 22.4 Å². The molecular formula is C24H25NO3. The van der Waals surface area contributed by atoms with Crippen LogP contribution in [0.5, 0.6) is 5.75 Å². The molecular weight excluding hydrogens is 350 g/mol. The zero-order valence-electron chi connectivity index (χ0n) is 17.2.